The first-order chi connectivity index (χ1) is 11.6. The fourth-order valence-corrected chi connectivity index (χ4v) is 2.71. The Hall–Kier alpha value is -2.38. The van der Waals surface area contributed by atoms with Crippen molar-refractivity contribution in [3.8, 4) is 11.4 Å². The highest BCUT2D eigenvalue weighted by atomic mass is 35.5. The van der Waals surface area contributed by atoms with Crippen LogP contribution in [-0.2, 0) is 4.79 Å². The van der Waals surface area contributed by atoms with Crippen molar-refractivity contribution < 1.29 is 4.79 Å². The minimum Gasteiger partial charge on any atom is -0.323 e. The number of anilines is 1. The van der Waals surface area contributed by atoms with Gasteiger partial charge in [0.1, 0.15) is 0 Å². The summed E-state index contributed by atoms with van der Waals surface area (Å²) >= 11 is 7.15. The molecule has 0 saturated heterocycles. The lowest BCUT2D eigenvalue weighted by molar-refractivity contribution is -0.113. The molecule has 1 aromatic carbocycles. The molecule has 0 radical (unpaired) electrons. The van der Waals surface area contributed by atoms with Gasteiger partial charge in [-0.15, -0.1) is 5.10 Å². The van der Waals surface area contributed by atoms with Crippen molar-refractivity contribution in [2.75, 3.05) is 11.1 Å². The standard InChI is InChI=1S/C16H14ClN5OS/c1-10-4-6-11(7-5-10)15-20-16(22-21-15)24-9-13(23)19-12-3-2-8-18-14(12)17/h2-8H,9H2,1H3,(H,19,23)(H,20,21,22). The van der Waals surface area contributed by atoms with Crippen LogP contribution in [0.5, 0.6) is 0 Å². The molecule has 122 valence electrons. The summed E-state index contributed by atoms with van der Waals surface area (Å²) in [6, 6.07) is 11.4. The van der Waals surface area contributed by atoms with E-state index in [0.717, 1.165) is 5.56 Å². The van der Waals surface area contributed by atoms with Gasteiger partial charge in [-0.3, -0.25) is 9.89 Å². The number of nitrogens with one attached hydrogen (secondary N) is 2. The second-order valence-corrected chi connectivity index (χ2v) is 6.31. The SMILES string of the molecule is Cc1ccc(-c2nc(SCC(=O)Nc3cccnc3Cl)n[nH]2)cc1. The summed E-state index contributed by atoms with van der Waals surface area (Å²) in [5, 5.41) is 10.5. The minimum absolute atomic E-state index is 0.177. The second kappa shape index (κ2) is 7.46. The monoisotopic (exact) mass is 359 g/mol. The highest BCUT2D eigenvalue weighted by Crippen LogP contribution is 2.21. The van der Waals surface area contributed by atoms with E-state index in [4.69, 9.17) is 11.6 Å². The summed E-state index contributed by atoms with van der Waals surface area (Å²) in [6.07, 6.45) is 1.56. The third-order valence-electron chi connectivity index (χ3n) is 3.16. The van der Waals surface area contributed by atoms with Crippen molar-refractivity contribution in [3.63, 3.8) is 0 Å². The fourth-order valence-electron chi connectivity index (χ4n) is 1.95. The van der Waals surface area contributed by atoms with Crippen LogP contribution in [0.2, 0.25) is 5.15 Å². The van der Waals surface area contributed by atoms with Crippen molar-refractivity contribution in [2.45, 2.75) is 12.1 Å². The topological polar surface area (TPSA) is 83.6 Å². The predicted octanol–water partition coefficient (Wildman–Crippen LogP) is 3.56. The maximum Gasteiger partial charge on any atom is 0.234 e. The van der Waals surface area contributed by atoms with E-state index in [9.17, 15) is 4.79 Å². The molecule has 0 fully saturated rings. The van der Waals surface area contributed by atoms with Crippen molar-refractivity contribution in [1.82, 2.24) is 20.2 Å². The molecule has 0 bridgehead atoms. The molecule has 0 aliphatic carbocycles. The molecule has 8 heteroatoms. The lowest BCUT2D eigenvalue weighted by Gasteiger charge is -2.04. The number of hydrogen-bond donors (Lipinski definition) is 2. The largest absolute Gasteiger partial charge is 0.323 e. The molecule has 1 amide bonds. The molecule has 0 atom stereocenters. The molecular formula is C16H14ClN5OS. The van der Waals surface area contributed by atoms with Gasteiger partial charge < -0.3 is 5.32 Å². The van der Waals surface area contributed by atoms with Crippen LogP contribution in [0, 0.1) is 6.92 Å². The first-order valence-corrected chi connectivity index (χ1v) is 8.51. The van der Waals surface area contributed by atoms with Crippen LogP contribution in [0.15, 0.2) is 47.8 Å². The number of nitrogens with zero attached hydrogens (tertiary/aromatic N) is 3. The summed E-state index contributed by atoms with van der Waals surface area (Å²) in [4.78, 5) is 20.3. The summed E-state index contributed by atoms with van der Waals surface area (Å²) < 4.78 is 0. The van der Waals surface area contributed by atoms with Crippen molar-refractivity contribution in [3.05, 3.63) is 53.3 Å². The Bertz CT molecular complexity index is 850. The molecule has 3 rings (SSSR count). The number of carbonyl (C=O) groups excluding carboxylic acids is 1. The number of carbonyl (C=O) groups is 1. The molecule has 0 aliphatic rings. The molecule has 0 saturated carbocycles. The van der Waals surface area contributed by atoms with Crippen LogP contribution in [0.1, 0.15) is 5.56 Å². The number of aryl methyl sites for hydroxylation is 1. The number of aromatic nitrogens is 4. The number of rotatable bonds is 5. The minimum atomic E-state index is -0.198. The third kappa shape index (κ3) is 4.12. The van der Waals surface area contributed by atoms with E-state index in [1.54, 1.807) is 18.3 Å². The number of aromatic amines is 1. The Morgan fingerprint density at radius 1 is 1.29 bits per heavy atom. The van der Waals surface area contributed by atoms with Gasteiger partial charge in [0.25, 0.3) is 0 Å². The molecular weight excluding hydrogens is 346 g/mol. The van der Waals surface area contributed by atoms with E-state index in [2.05, 4.69) is 25.5 Å². The molecule has 0 spiro atoms. The van der Waals surface area contributed by atoms with Gasteiger partial charge in [0, 0.05) is 11.8 Å². The lowest BCUT2D eigenvalue weighted by Crippen LogP contribution is -2.14. The second-order valence-electron chi connectivity index (χ2n) is 5.01. The lowest BCUT2D eigenvalue weighted by atomic mass is 10.1. The van der Waals surface area contributed by atoms with E-state index in [0.29, 0.717) is 16.7 Å². The summed E-state index contributed by atoms with van der Waals surface area (Å²) in [6.45, 7) is 2.03. The zero-order valence-electron chi connectivity index (χ0n) is 12.8. The average Bonchev–Trinajstić information content (AvgIpc) is 3.05. The fraction of sp³-hybridized carbons (Fsp3) is 0.125. The molecule has 6 nitrogen and oxygen atoms in total. The number of benzene rings is 1. The van der Waals surface area contributed by atoms with Gasteiger partial charge in [-0.05, 0) is 19.1 Å². The molecule has 0 unspecified atom stereocenters. The smallest absolute Gasteiger partial charge is 0.234 e. The Balaban J connectivity index is 1.58. The first kappa shape index (κ1) is 16.5. The van der Waals surface area contributed by atoms with Crippen LogP contribution in [0.25, 0.3) is 11.4 Å². The van der Waals surface area contributed by atoms with Gasteiger partial charge in [-0.2, -0.15) is 0 Å². The van der Waals surface area contributed by atoms with E-state index in [1.165, 1.54) is 17.3 Å². The van der Waals surface area contributed by atoms with Gasteiger partial charge >= 0.3 is 0 Å². The van der Waals surface area contributed by atoms with Crippen LogP contribution in [0.3, 0.4) is 0 Å². The molecule has 2 aromatic heterocycles. The Labute approximate surface area is 148 Å². The van der Waals surface area contributed by atoms with Crippen LogP contribution < -0.4 is 5.32 Å². The highest BCUT2D eigenvalue weighted by Gasteiger charge is 2.10. The average molecular weight is 360 g/mol. The molecule has 2 N–H and O–H groups in total. The van der Waals surface area contributed by atoms with Crippen LogP contribution in [0.4, 0.5) is 5.69 Å². The number of thioether (sulfide) groups is 1. The van der Waals surface area contributed by atoms with Gasteiger partial charge in [-0.25, -0.2) is 9.97 Å². The van der Waals surface area contributed by atoms with Gasteiger partial charge in [-0.1, -0.05) is 53.2 Å². The number of pyridine rings is 1. The predicted molar refractivity (Wildman–Crippen MR) is 95.2 cm³/mol. The maximum absolute atomic E-state index is 12.0. The number of amides is 1. The zero-order valence-corrected chi connectivity index (χ0v) is 14.4. The van der Waals surface area contributed by atoms with Gasteiger partial charge in [0.05, 0.1) is 11.4 Å². The normalized spacial score (nSPS) is 10.6. The van der Waals surface area contributed by atoms with Gasteiger partial charge in [0.2, 0.25) is 11.1 Å². The third-order valence-corrected chi connectivity index (χ3v) is 4.30. The van der Waals surface area contributed by atoms with Crippen LogP contribution >= 0.6 is 23.4 Å². The van der Waals surface area contributed by atoms with Gasteiger partial charge in [0.15, 0.2) is 11.0 Å². The van der Waals surface area contributed by atoms with Crippen molar-refractivity contribution in [1.29, 1.82) is 0 Å². The van der Waals surface area contributed by atoms with E-state index in [-0.39, 0.29) is 16.8 Å². The van der Waals surface area contributed by atoms with Crippen molar-refractivity contribution in [2.24, 2.45) is 0 Å². The molecule has 2 heterocycles. The Morgan fingerprint density at radius 3 is 2.83 bits per heavy atom. The number of H-pyrrole nitrogens is 1. The van der Waals surface area contributed by atoms with Crippen LogP contribution in [-0.4, -0.2) is 31.8 Å². The molecule has 0 aliphatic heterocycles. The highest BCUT2D eigenvalue weighted by molar-refractivity contribution is 7.99. The van der Waals surface area contributed by atoms with E-state index < -0.39 is 0 Å². The Kier molecular flexibility index (Phi) is 5.12. The summed E-state index contributed by atoms with van der Waals surface area (Å²) in [5.41, 5.74) is 2.62. The Morgan fingerprint density at radius 2 is 2.08 bits per heavy atom. The number of hydrogen-bond acceptors (Lipinski definition) is 5. The zero-order chi connectivity index (χ0) is 16.9. The van der Waals surface area contributed by atoms with E-state index >= 15 is 0 Å². The summed E-state index contributed by atoms with van der Waals surface area (Å²) in [5.74, 6) is 0.654. The molecule has 24 heavy (non-hydrogen) atoms. The number of halogens is 1. The van der Waals surface area contributed by atoms with Crippen molar-refractivity contribution >= 4 is 35.0 Å². The first-order valence-electron chi connectivity index (χ1n) is 7.14. The summed E-state index contributed by atoms with van der Waals surface area (Å²) in [7, 11) is 0. The van der Waals surface area contributed by atoms with E-state index in [1.807, 2.05) is 31.2 Å². The maximum atomic E-state index is 12.0. The quantitative estimate of drug-likeness (QED) is 0.537. The molecule has 3 aromatic rings.